The fourth-order valence-electron chi connectivity index (χ4n) is 1.12. The molecule has 14 heavy (non-hydrogen) atoms. The van der Waals surface area contributed by atoms with Crippen LogP contribution >= 0.6 is 0 Å². The van der Waals surface area contributed by atoms with Gasteiger partial charge < -0.3 is 10.8 Å². The van der Waals surface area contributed by atoms with E-state index in [1.165, 1.54) is 0 Å². The number of aliphatic hydroxyl groups is 1. The quantitative estimate of drug-likeness (QED) is 0.723. The van der Waals surface area contributed by atoms with Crippen LogP contribution in [0.2, 0.25) is 0 Å². The lowest BCUT2D eigenvalue weighted by Gasteiger charge is -2.16. The molecule has 0 heterocycles. The van der Waals surface area contributed by atoms with Crippen molar-refractivity contribution in [1.82, 2.24) is 0 Å². The standard InChI is InChI=1S/C10H15NO.C2H4/c1-2-9(11)10(12)8-6-4-3-5-7-8;1-2/h3-7,9-10,12H,2,11H2,1H3;1-2H2/t9-,10-;/m0./s1. The molecule has 78 valence electrons. The first kappa shape index (κ1) is 12.9. The second-order valence-corrected chi connectivity index (χ2v) is 2.93. The summed E-state index contributed by atoms with van der Waals surface area (Å²) in [6.07, 6.45) is 0.256. The van der Waals surface area contributed by atoms with Crippen molar-refractivity contribution in [2.45, 2.75) is 25.5 Å². The molecule has 0 aliphatic rings. The zero-order valence-electron chi connectivity index (χ0n) is 8.69. The Morgan fingerprint density at radius 1 is 1.29 bits per heavy atom. The highest BCUT2D eigenvalue weighted by Crippen LogP contribution is 2.16. The zero-order chi connectivity index (χ0) is 11.0. The first-order valence-corrected chi connectivity index (χ1v) is 4.74. The van der Waals surface area contributed by atoms with Crippen LogP contribution in [0.3, 0.4) is 0 Å². The summed E-state index contributed by atoms with van der Waals surface area (Å²) in [7, 11) is 0. The molecule has 2 nitrogen and oxygen atoms in total. The maximum absolute atomic E-state index is 9.66. The summed E-state index contributed by atoms with van der Waals surface area (Å²) in [6, 6.07) is 9.35. The lowest BCUT2D eigenvalue weighted by Crippen LogP contribution is -2.27. The van der Waals surface area contributed by atoms with E-state index in [1.807, 2.05) is 37.3 Å². The van der Waals surface area contributed by atoms with Gasteiger partial charge in [0.05, 0.1) is 6.10 Å². The summed E-state index contributed by atoms with van der Waals surface area (Å²) in [5.41, 5.74) is 6.59. The lowest BCUT2D eigenvalue weighted by molar-refractivity contribution is 0.144. The highest BCUT2D eigenvalue weighted by atomic mass is 16.3. The minimum Gasteiger partial charge on any atom is -0.387 e. The van der Waals surface area contributed by atoms with Crippen molar-refractivity contribution < 1.29 is 5.11 Å². The average molecular weight is 193 g/mol. The molecule has 0 fully saturated rings. The van der Waals surface area contributed by atoms with Gasteiger partial charge in [-0.05, 0) is 12.0 Å². The third-order valence-electron chi connectivity index (χ3n) is 2.02. The Hall–Kier alpha value is -1.12. The van der Waals surface area contributed by atoms with Crippen LogP contribution < -0.4 is 5.73 Å². The van der Waals surface area contributed by atoms with Crippen molar-refractivity contribution in [2.75, 3.05) is 0 Å². The monoisotopic (exact) mass is 193 g/mol. The number of hydrogen-bond donors (Lipinski definition) is 2. The molecular weight excluding hydrogens is 174 g/mol. The lowest BCUT2D eigenvalue weighted by atomic mass is 10.0. The van der Waals surface area contributed by atoms with E-state index >= 15 is 0 Å². The van der Waals surface area contributed by atoms with Crippen LogP contribution in [0.4, 0.5) is 0 Å². The molecule has 0 spiro atoms. The van der Waals surface area contributed by atoms with Gasteiger partial charge in [0.2, 0.25) is 0 Å². The molecule has 0 bridgehead atoms. The van der Waals surface area contributed by atoms with Crippen LogP contribution in [-0.4, -0.2) is 11.1 Å². The van der Waals surface area contributed by atoms with Gasteiger partial charge in [0.25, 0.3) is 0 Å². The summed E-state index contributed by atoms with van der Waals surface area (Å²) in [4.78, 5) is 0. The number of rotatable bonds is 3. The van der Waals surface area contributed by atoms with E-state index < -0.39 is 6.10 Å². The molecule has 0 unspecified atom stereocenters. The zero-order valence-corrected chi connectivity index (χ0v) is 8.69. The topological polar surface area (TPSA) is 46.2 Å². The van der Waals surface area contributed by atoms with Crippen molar-refractivity contribution in [3.8, 4) is 0 Å². The summed E-state index contributed by atoms with van der Waals surface area (Å²) in [6.45, 7) is 7.97. The summed E-state index contributed by atoms with van der Waals surface area (Å²) >= 11 is 0. The Kier molecular flexibility index (Phi) is 6.72. The molecule has 0 aliphatic carbocycles. The second kappa shape index (κ2) is 7.30. The molecule has 0 aromatic heterocycles. The van der Waals surface area contributed by atoms with Gasteiger partial charge in [-0.25, -0.2) is 0 Å². The fourth-order valence-corrected chi connectivity index (χ4v) is 1.12. The van der Waals surface area contributed by atoms with Crippen molar-refractivity contribution in [2.24, 2.45) is 5.73 Å². The molecule has 0 saturated heterocycles. The van der Waals surface area contributed by atoms with Crippen LogP contribution in [0.15, 0.2) is 43.5 Å². The van der Waals surface area contributed by atoms with Crippen molar-refractivity contribution in [3.05, 3.63) is 49.1 Å². The molecule has 0 radical (unpaired) electrons. The van der Waals surface area contributed by atoms with Gasteiger partial charge in [0.1, 0.15) is 0 Å². The highest BCUT2D eigenvalue weighted by molar-refractivity contribution is 5.18. The first-order chi connectivity index (χ1) is 6.75. The molecule has 2 heteroatoms. The Morgan fingerprint density at radius 3 is 2.21 bits per heavy atom. The van der Waals surface area contributed by atoms with Gasteiger partial charge in [0, 0.05) is 6.04 Å². The largest absolute Gasteiger partial charge is 0.387 e. The van der Waals surface area contributed by atoms with Crippen molar-refractivity contribution in [1.29, 1.82) is 0 Å². The van der Waals surface area contributed by atoms with Crippen molar-refractivity contribution >= 4 is 0 Å². The summed E-state index contributed by atoms with van der Waals surface area (Å²) < 4.78 is 0. The molecule has 3 N–H and O–H groups in total. The maximum Gasteiger partial charge on any atom is 0.0940 e. The van der Waals surface area contributed by atoms with Crippen molar-refractivity contribution in [3.63, 3.8) is 0 Å². The number of aliphatic hydroxyl groups excluding tert-OH is 1. The Morgan fingerprint density at radius 2 is 1.79 bits per heavy atom. The smallest absolute Gasteiger partial charge is 0.0940 e. The van der Waals surface area contributed by atoms with E-state index in [4.69, 9.17) is 5.73 Å². The summed E-state index contributed by atoms with van der Waals surface area (Å²) in [5, 5.41) is 9.66. The van der Waals surface area contributed by atoms with Gasteiger partial charge in [-0.3, -0.25) is 0 Å². The molecule has 1 rings (SSSR count). The predicted octanol–water partition coefficient (Wildman–Crippen LogP) is 2.26. The van der Waals surface area contributed by atoms with Crippen LogP contribution in [0.25, 0.3) is 0 Å². The van der Waals surface area contributed by atoms with Crippen LogP contribution in [0, 0.1) is 0 Å². The molecular formula is C12H19NO. The Labute approximate surface area is 86.1 Å². The van der Waals surface area contributed by atoms with Gasteiger partial charge in [0.15, 0.2) is 0 Å². The fraction of sp³-hybridized carbons (Fsp3) is 0.333. The average Bonchev–Trinajstić information content (AvgIpc) is 2.31. The first-order valence-electron chi connectivity index (χ1n) is 4.74. The van der Waals surface area contributed by atoms with E-state index in [0.29, 0.717) is 0 Å². The SMILES string of the molecule is C=C.CC[C@H](N)[C@@H](O)c1ccccc1. The van der Waals surface area contributed by atoms with Gasteiger partial charge >= 0.3 is 0 Å². The molecule has 2 atom stereocenters. The Balaban J connectivity index is 0.000000791. The van der Waals surface area contributed by atoms with E-state index in [-0.39, 0.29) is 6.04 Å². The van der Waals surface area contributed by atoms with E-state index in [1.54, 1.807) is 0 Å². The molecule has 0 aliphatic heterocycles. The van der Waals surface area contributed by atoms with E-state index in [2.05, 4.69) is 13.2 Å². The second-order valence-electron chi connectivity index (χ2n) is 2.93. The molecule has 1 aromatic carbocycles. The van der Waals surface area contributed by atoms with Crippen LogP contribution in [0.5, 0.6) is 0 Å². The maximum atomic E-state index is 9.66. The number of nitrogens with two attached hydrogens (primary N) is 1. The predicted molar refractivity (Wildman–Crippen MR) is 60.9 cm³/mol. The minimum absolute atomic E-state index is 0.160. The van der Waals surface area contributed by atoms with Gasteiger partial charge in [-0.15, -0.1) is 13.2 Å². The molecule has 0 saturated carbocycles. The minimum atomic E-state index is -0.531. The van der Waals surface area contributed by atoms with E-state index in [0.717, 1.165) is 12.0 Å². The van der Waals surface area contributed by atoms with Gasteiger partial charge in [-0.1, -0.05) is 37.3 Å². The van der Waals surface area contributed by atoms with E-state index in [9.17, 15) is 5.11 Å². The number of benzene rings is 1. The van der Waals surface area contributed by atoms with Crippen LogP contribution in [0.1, 0.15) is 25.0 Å². The van der Waals surface area contributed by atoms with Crippen LogP contribution in [-0.2, 0) is 0 Å². The van der Waals surface area contributed by atoms with Gasteiger partial charge in [-0.2, -0.15) is 0 Å². The highest BCUT2D eigenvalue weighted by Gasteiger charge is 2.13. The molecule has 1 aromatic rings. The molecule has 0 amide bonds. The Bertz CT molecular complexity index is 235. The third-order valence-corrected chi connectivity index (χ3v) is 2.02. The number of hydrogen-bond acceptors (Lipinski definition) is 2. The third kappa shape index (κ3) is 3.73. The summed E-state index contributed by atoms with van der Waals surface area (Å²) in [5.74, 6) is 0. The normalized spacial score (nSPS) is 13.6.